The molecule has 0 spiro atoms. The van der Waals surface area contributed by atoms with Crippen LogP contribution < -0.4 is 0 Å². The van der Waals surface area contributed by atoms with E-state index in [-0.39, 0.29) is 17.5 Å². The maximum absolute atomic E-state index is 12.0. The van der Waals surface area contributed by atoms with Crippen molar-refractivity contribution >= 4 is 22.9 Å². The Morgan fingerprint density at radius 2 is 2.26 bits per heavy atom. The van der Waals surface area contributed by atoms with Crippen molar-refractivity contribution in [2.24, 2.45) is 0 Å². The summed E-state index contributed by atoms with van der Waals surface area (Å²) < 4.78 is 1.52. The summed E-state index contributed by atoms with van der Waals surface area (Å²) in [5.41, 5.74) is 1.33. The molecule has 2 aromatic rings. The van der Waals surface area contributed by atoms with Gasteiger partial charge < -0.3 is 10.0 Å². The number of hydrogen-bond acceptors (Lipinski definition) is 4. The first-order chi connectivity index (χ1) is 9.08. The molecule has 1 amide bonds. The molecule has 7 nitrogen and oxygen atoms in total. The molecule has 0 aliphatic carbocycles. The molecule has 1 unspecified atom stereocenters. The Hall–Kier alpha value is -2.44. The molecular weight excluding hydrogens is 248 g/mol. The van der Waals surface area contributed by atoms with Crippen LogP contribution in [0.2, 0.25) is 0 Å². The number of carboxylic acids is 1. The molecule has 0 bridgehead atoms. The molecule has 0 radical (unpaired) electrons. The van der Waals surface area contributed by atoms with E-state index in [1.165, 1.54) is 16.8 Å². The standard InChI is InChI=1S/C12H12N4O3/c1-15-5-4-9(11(15)17)16-10-6-7(12(18)19)2-3-8(10)13-14-16/h2-3,6,9H,4-5H2,1H3,(H,18,19). The molecule has 1 aliphatic rings. The number of aromatic carboxylic acids is 1. The number of carbonyl (C=O) groups is 2. The number of hydrogen-bond donors (Lipinski definition) is 1. The van der Waals surface area contributed by atoms with E-state index >= 15 is 0 Å². The van der Waals surface area contributed by atoms with E-state index in [0.29, 0.717) is 24.0 Å². The number of rotatable bonds is 2. The highest BCUT2D eigenvalue weighted by Gasteiger charge is 2.32. The molecular formula is C12H12N4O3. The van der Waals surface area contributed by atoms with Gasteiger partial charge in [0.25, 0.3) is 0 Å². The zero-order valence-corrected chi connectivity index (χ0v) is 10.3. The summed E-state index contributed by atoms with van der Waals surface area (Å²) in [5.74, 6) is -1.03. The van der Waals surface area contributed by atoms with Crippen molar-refractivity contribution in [3.8, 4) is 0 Å². The third-order valence-corrected chi connectivity index (χ3v) is 3.41. The Bertz CT molecular complexity index is 679. The van der Waals surface area contributed by atoms with Crippen LogP contribution in [0.25, 0.3) is 11.0 Å². The number of carbonyl (C=O) groups excluding carboxylic acids is 1. The van der Waals surface area contributed by atoms with Crippen molar-refractivity contribution in [3.63, 3.8) is 0 Å². The summed E-state index contributed by atoms with van der Waals surface area (Å²) in [5, 5.41) is 17.0. The van der Waals surface area contributed by atoms with E-state index < -0.39 is 5.97 Å². The average Bonchev–Trinajstić information content (AvgIpc) is 2.94. The zero-order valence-electron chi connectivity index (χ0n) is 10.3. The van der Waals surface area contributed by atoms with Crippen LogP contribution in [0.1, 0.15) is 22.8 Å². The second-order valence-corrected chi connectivity index (χ2v) is 4.61. The number of aromatic nitrogens is 3. The van der Waals surface area contributed by atoms with Crippen molar-refractivity contribution in [1.82, 2.24) is 19.9 Å². The van der Waals surface area contributed by atoms with Gasteiger partial charge in [-0.15, -0.1) is 5.10 Å². The lowest BCUT2D eigenvalue weighted by atomic mass is 10.2. The van der Waals surface area contributed by atoms with Gasteiger partial charge in [-0.1, -0.05) is 5.21 Å². The van der Waals surface area contributed by atoms with Gasteiger partial charge in [0, 0.05) is 13.6 Å². The van der Waals surface area contributed by atoms with Crippen molar-refractivity contribution in [2.75, 3.05) is 13.6 Å². The van der Waals surface area contributed by atoms with E-state index in [4.69, 9.17) is 5.11 Å². The van der Waals surface area contributed by atoms with Crippen LogP contribution in [0.3, 0.4) is 0 Å². The minimum atomic E-state index is -1.01. The summed E-state index contributed by atoms with van der Waals surface area (Å²) in [6, 6.07) is 4.19. The van der Waals surface area contributed by atoms with Gasteiger partial charge in [-0.25, -0.2) is 9.48 Å². The highest BCUT2D eigenvalue weighted by Crippen LogP contribution is 2.25. The Balaban J connectivity index is 2.11. The third kappa shape index (κ3) is 1.74. The van der Waals surface area contributed by atoms with Crippen LogP contribution in [0.4, 0.5) is 0 Å². The van der Waals surface area contributed by atoms with Crippen LogP contribution in [-0.4, -0.2) is 50.5 Å². The number of likely N-dealkylation sites (N-methyl/N-ethyl adjacent to an activating group) is 1. The van der Waals surface area contributed by atoms with Crippen molar-refractivity contribution in [3.05, 3.63) is 23.8 Å². The van der Waals surface area contributed by atoms with Gasteiger partial charge in [-0.2, -0.15) is 0 Å². The molecule has 1 aliphatic heterocycles. The lowest BCUT2D eigenvalue weighted by molar-refractivity contribution is -0.129. The molecule has 1 N–H and O–H groups in total. The second-order valence-electron chi connectivity index (χ2n) is 4.61. The number of nitrogens with zero attached hydrogens (tertiary/aromatic N) is 4. The van der Waals surface area contributed by atoms with Gasteiger partial charge >= 0.3 is 5.97 Å². The first-order valence-electron chi connectivity index (χ1n) is 5.91. The molecule has 1 aromatic heterocycles. The molecule has 19 heavy (non-hydrogen) atoms. The zero-order chi connectivity index (χ0) is 13.6. The second kappa shape index (κ2) is 4.04. The van der Waals surface area contributed by atoms with Crippen LogP contribution in [0.5, 0.6) is 0 Å². The largest absolute Gasteiger partial charge is 0.478 e. The third-order valence-electron chi connectivity index (χ3n) is 3.41. The lowest BCUT2D eigenvalue weighted by Crippen LogP contribution is -2.25. The molecule has 3 rings (SSSR count). The fourth-order valence-corrected chi connectivity index (χ4v) is 2.33. The monoisotopic (exact) mass is 260 g/mol. The number of carboxylic acid groups (broad SMARTS) is 1. The highest BCUT2D eigenvalue weighted by molar-refractivity contribution is 5.93. The maximum atomic E-state index is 12.0. The van der Waals surface area contributed by atoms with E-state index in [9.17, 15) is 9.59 Å². The maximum Gasteiger partial charge on any atom is 0.335 e. The summed E-state index contributed by atoms with van der Waals surface area (Å²) in [4.78, 5) is 24.6. The van der Waals surface area contributed by atoms with Crippen LogP contribution in [0.15, 0.2) is 18.2 Å². The first kappa shape index (κ1) is 11.6. The predicted octanol–water partition coefficient (Wildman–Crippen LogP) is 0.533. The Labute approximate surface area is 108 Å². The normalized spacial score (nSPS) is 19.3. The van der Waals surface area contributed by atoms with E-state index in [1.807, 2.05) is 0 Å². The van der Waals surface area contributed by atoms with Crippen LogP contribution in [-0.2, 0) is 4.79 Å². The molecule has 1 aromatic carbocycles. The fraction of sp³-hybridized carbons (Fsp3) is 0.333. The molecule has 2 heterocycles. The SMILES string of the molecule is CN1CCC(n2nnc3ccc(C(=O)O)cc32)C1=O. The average molecular weight is 260 g/mol. The molecule has 1 atom stereocenters. The van der Waals surface area contributed by atoms with Gasteiger partial charge in [0.15, 0.2) is 0 Å². The Morgan fingerprint density at radius 1 is 1.47 bits per heavy atom. The van der Waals surface area contributed by atoms with E-state index in [2.05, 4.69) is 10.3 Å². The predicted molar refractivity (Wildman–Crippen MR) is 65.8 cm³/mol. The summed E-state index contributed by atoms with van der Waals surface area (Å²) in [6.07, 6.45) is 0.658. The summed E-state index contributed by atoms with van der Waals surface area (Å²) in [7, 11) is 1.74. The molecule has 98 valence electrons. The van der Waals surface area contributed by atoms with Crippen molar-refractivity contribution < 1.29 is 14.7 Å². The Kier molecular flexibility index (Phi) is 2.48. The minimum Gasteiger partial charge on any atom is -0.478 e. The lowest BCUT2D eigenvalue weighted by Gasteiger charge is -2.10. The smallest absolute Gasteiger partial charge is 0.335 e. The molecule has 7 heteroatoms. The molecule has 0 saturated carbocycles. The topological polar surface area (TPSA) is 88.3 Å². The number of fused-ring (bicyclic) bond motifs is 1. The van der Waals surface area contributed by atoms with Gasteiger partial charge in [0.05, 0.1) is 11.1 Å². The molecule has 1 fully saturated rings. The number of likely N-dealkylation sites (tertiary alicyclic amines) is 1. The summed E-state index contributed by atoms with van der Waals surface area (Å²) >= 11 is 0. The van der Waals surface area contributed by atoms with Gasteiger partial charge in [0.2, 0.25) is 5.91 Å². The van der Waals surface area contributed by atoms with Gasteiger partial charge in [-0.3, -0.25) is 4.79 Å². The van der Waals surface area contributed by atoms with E-state index in [0.717, 1.165) is 0 Å². The number of benzene rings is 1. The van der Waals surface area contributed by atoms with Crippen LogP contribution >= 0.6 is 0 Å². The van der Waals surface area contributed by atoms with Gasteiger partial charge in [0.1, 0.15) is 11.6 Å². The number of amides is 1. The van der Waals surface area contributed by atoms with E-state index in [1.54, 1.807) is 18.0 Å². The molecule has 1 saturated heterocycles. The van der Waals surface area contributed by atoms with Crippen molar-refractivity contribution in [2.45, 2.75) is 12.5 Å². The van der Waals surface area contributed by atoms with Crippen LogP contribution in [0, 0.1) is 0 Å². The first-order valence-corrected chi connectivity index (χ1v) is 5.91. The summed E-state index contributed by atoms with van der Waals surface area (Å²) in [6.45, 7) is 0.670. The quantitative estimate of drug-likeness (QED) is 0.851. The fourth-order valence-electron chi connectivity index (χ4n) is 2.33. The Morgan fingerprint density at radius 3 is 2.89 bits per heavy atom. The minimum absolute atomic E-state index is 0.0208. The highest BCUT2D eigenvalue weighted by atomic mass is 16.4. The van der Waals surface area contributed by atoms with Crippen molar-refractivity contribution in [1.29, 1.82) is 0 Å². The van der Waals surface area contributed by atoms with Gasteiger partial charge in [-0.05, 0) is 24.6 Å².